The zero-order chi connectivity index (χ0) is 72.8. The van der Waals surface area contributed by atoms with Crippen LogP contribution in [-0.4, -0.2) is 188 Å². The third-order valence-electron chi connectivity index (χ3n) is 13.7. The number of aromatic nitrogens is 8. The van der Waals surface area contributed by atoms with E-state index in [0.717, 1.165) is 73.9 Å². The monoisotopic (exact) mass is 1500 g/mol. The van der Waals surface area contributed by atoms with Gasteiger partial charge in [0.05, 0.1) is 72.2 Å². The van der Waals surface area contributed by atoms with E-state index < -0.39 is 11.2 Å². The number of alkyl halides is 2. The number of hydrazone groups is 1. The number of H-pyrrole nitrogens is 2. The molecule has 2 aromatic carbocycles. The Morgan fingerprint density at radius 1 is 0.634 bits per heavy atom. The molecule has 30 nitrogen and oxygen atoms in total. The van der Waals surface area contributed by atoms with Crippen molar-refractivity contribution in [3.63, 3.8) is 0 Å². The number of halogens is 3. The van der Waals surface area contributed by atoms with Crippen molar-refractivity contribution in [2.24, 2.45) is 21.8 Å². The van der Waals surface area contributed by atoms with E-state index >= 15 is 0 Å². The van der Waals surface area contributed by atoms with E-state index in [-0.39, 0.29) is 48.1 Å². The molecule has 101 heavy (non-hydrogen) atoms. The Labute approximate surface area is 601 Å². The van der Waals surface area contributed by atoms with E-state index in [2.05, 4.69) is 83.2 Å². The van der Waals surface area contributed by atoms with Gasteiger partial charge in [-0.25, -0.2) is 9.79 Å². The molecule has 0 spiro atoms. The number of amidine groups is 1. The molecule has 33 heteroatoms. The van der Waals surface area contributed by atoms with Crippen LogP contribution in [0.25, 0.3) is 0 Å². The number of nitrogens with two attached hydrogens (primary N) is 2. The molecule has 4 aliphatic rings. The molecule has 8 aromatic rings. The Kier molecular flexibility index (Phi) is 39.1. The average Bonchev–Trinajstić information content (AvgIpc) is 0.857. The van der Waals surface area contributed by atoms with Crippen molar-refractivity contribution in [2.75, 3.05) is 126 Å². The van der Waals surface area contributed by atoms with Crippen LogP contribution in [-0.2, 0) is 38.6 Å². The van der Waals surface area contributed by atoms with Gasteiger partial charge in [0, 0.05) is 118 Å². The number of aliphatic imine (C=N–C) groups is 1. The lowest BCUT2D eigenvalue weighted by Gasteiger charge is -2.33. The second-order valence-electron chi connectivity index (χ2n) is 21.1. The maximum absolute atomic E-state index is 11.9. The molecule has 542 valence electrons. The van der Waals surface area contributed by atoms with E-state index in [4.69, 9.17) is 57.1 Å². The second kappa shape index (κ2) is 48.2. The summed E-state index contributed by atoms with van der Waals surface area (Å²) in [6.45, 7) is 14.6. The fourth-order valence-corrected chi connectivity index (χ4v) is 9.33. The van der Waals surface area contributed by atoms with Gasteiger partial charge in [0.2, 0.25) is 5.56 Å². The van der Waals surface area contributed by atoms with Crippen LogP contribution in [0.5, 0.6) is 6.01 Å². The van der Waals surface area contributed by atoms with E-state index in [1.54, 1.807) is 88.7 Å². The van der Waals surface area contributed by atoms with Crippen LogP contribution >= 0.6 is 39.1 Å². The molecular weight excluding hydrogens is 1410 g/mol. The third-order valence-corrected chi connectivity index (χ3v) is 14.5. The summed E-state index contributed by atoms with van der Waals surface area (Å²) >= 11 is 14.9. The molecule has 6 aromatic heterocycles. The Hall–Kier alpha value is -9.67. The molecule has 0 bridgehead atoms. The van der Waals surface area contributed by atoms with Gasteiger partial charge in [0.15, 0.2) is 11.3 Å². The number of carbonyl (C=O) groups is 1. The van der Waals surface area contributed by atoms with E-state index in [9.17, 15) is 28.8 Å². The molecule has 1 unspecified atom stereocenters. The first-order chi connectivity index (χ1) is 49.1. The van der Waals surface area contributed by atoms with Crippen molar-refractivity contribution >= 4 is 75.1 Å². The van der Waals surface area contributed by atoms with Gasteiger partial charge in [-0.2, -0.15) is 20.1 Å². The summed E-state index contributed by atoms with van der Waals surface area (Å²) in [7, 11) is 0. The number of pyridine rings is 4. The quantitative estimate of drug-likeness (QED) is 0.0119. The number of carbonyl (C=O) groups excluding carboxylic acids is 1. The summed E-state index contributed by atoms with van der Waals surface area (Å²) in [5, 5.41) is 24.8. The van der Waals surface area contributed by atoms with Gasteiger partial charge < -0.3 is 67.3 Å². The maximum Gasteiger partial charge on any atom is 0.348 e. The van der Waals surface area contributed by atoms with Gasteiger partial charge in [-0.05, 0) is 55.8 Å². The highest BCUT2D eigenvalue weighted by Gasteiger charge is 2.22. The van der Waals surface area contributed by atoms with E-state index in [1.807, 2.05) is 85.5 Å². The molecule has 3 saturated heterocycles. The molecule has 0 amide bonds. The van der Waals surface area contributed by atoms with Crippen LogP contribution in [0.15, 0.2) is 204 Å². The minimum atomic E-state index is -0.469. The van der Waals surface area contributed by atoms with Crippen molar-refractivity contribution in [3.05, 3.63) is 249 Å². The van der Waals surface area contributed by atoms with Crippen LogP contribution in [0.1, 0.15) is 27.0 Å². The number of aliphatic hydroxyl groups excluding tert-OH is 2. The van der Waals surface area contributed by atoms with Gasteiger partial charge in [0.25, 0.3) is 22.7 Å². The Morgan fingerprint density at radius 2 is 1.14 bits per heavy atom. The fraction of sp³-hybridized carbons (Fsp3) is 0.338. The number of nitrogens with one attached hydrogen (secondary N) is 4. The van der Waals surface area contributed by atoms with Crippen molar-refractivity contribution in [1.29, 1.82) is 0 Å². The number of benzene rings is 2. The Balaban J connectivity index is 0.000000232. The topological polar surface area (TPSA) is 385 Å². The van der Waals surface area contributed by atoms with Gasteiger partial charge in [-0.15, -0.1) is 0 Å². The molecule has 3 fully saturated rings. The number of aryl methyl sites for hydroxylation is 2. The highest BCUT2D eigenvalue weighted by atomic mass is 79.9. The summed E-state index contributed by atoms with van der Waals surface area (Å²) in [5.74, 6) is 10.8. The van der Waals surface area contributed by atoms with Crippen molar-refractivity contribution < 1.29 is 38.7 Å². The predicted octanol–water partition coefficient (Wildman–Crippen LogP) is 4.35. The minimum absolute atomic E-state index is 0.00389. The van der Waals surface area contributed by atoms with Crippen LogP contribution in [0.3, 0.4) is 0 Å². The number of aldehydes is 1. The summed E-state index contributed by atoms with van der Waals surface area (Å²) in [6, 6.07) is 39.5. The molecule has 1 atom stereocenters. The number of aromatic amines is 2. The summed E-state index contributed by atoms with van der Waals surface area (Å²) < 4.78 is 32.0. The fourth-order valence-electron chi connectivity index (χ4n) is 8.95. The third kappa shape index (κ3) is 32.5. The first-order valence-corrected chi connectivity index (χ1v) is 33.8. The number of rotatable bonds is 17. The SMILES string of the molecule is Cc1cccc(/C=N/Nc2cc(N3CCOCC3)nc(OCCn3ccccc3=O)n2)c1.Cc1cccc(C=O)c1.NN.O=c1cccc[nH]1.O=c1ccccn1CCO.O=c1ccccn1CCOC1=NC(Cl)C=C(N2CCOCC2)N1.O=c1nc(N2CCOCC2)cc(Cl)[nH]1.OCCBr. The molecule has 10 N–H and O–H groups in total. The highest BCUT2D eigenvalue weighted by Crippen LogP contribution is 2.21. The number of hydrogen-bond donors (Lipinski definition) is 8. The van der Waals surface area contributed by atoms with Gasteiger partial charge in [0.1, 0.15) is 42.1 Å². The number of hydrazine groups is 1. The number of anilines is 3. The number of aliphatic hydroxyl groups is 2. The van der Waals surface area contributed by atoms with Gasteiger partial charge in [-0.1, -0.05) is 117 Å². The van der Waals surface area contributed by atoms with Gasteiger partial charge >= 0.3 is 11.7 Å². The average molecular weight is 1500 g/mol. The van der Waals surface area contributed by atoms with Crippen LogP contribution in [0.2, 0.25) is 5.15 Å². The Morgan fingerprint density at radius 3 is 1.60 bits per heavy atom. The van der Waals surface area contributed by atoms with Crippen molar-refractivity contribution in [2.45, 2.75) is 39.0 Å². The summed E-state index contributed by atoms with van der Waals surface area (Å²) in [6.07, 6.45) is 11.1. The van der Waals surface area contributed by atoms with E-state index in [1.165, 1.54) is 34.4 Å². The first-order valence-electron chi connectivity index (χ1n) is 31.8. The lowest BCUT2D eigenvalue weighted by molar-refractivity contribution is 0.0506. The number of ether oxygens (including phenoxy) is 5. The largest absolute Gasteiger partial charge is 0.463 e. The number of morpholine rings is 3. The summed E-state index contributed by atoms with van der Waals surface area (Å²) in [5.41, 5.74) is 5.85. The predicted molar refractivity (Wildman–Crippen MR) is 395 cm³/mol. The number of nitrogens with zero attached hydrogens (tertiary/aromatic N) is 11. The normalized spacial score (nSPS) is 14.3. The zero-order valence-electron chi connectivity index (χ0n) is 56.1. The van der Waals surface area contributed by atoms with E-state index in [0.29, 0.717) is 94.0 Å². The van der Waals surface area contributed by atoms with Crippen LogP contribution in [0, 0.1) is 13.8 Å². The molecular formula is C68H86BrCl2N17O13. The van der Waals surface area contributed by atoms with Crippen LogP contribution in [0.4, 0.5) is 17.5 Å². The number of hydrogen-bond acceptors (Lipinski definition) is 25. The second-order valence-corrected chi connectivity index (χ2v) is 22.8. The Bertz CT molecular complexity index is 4090. The minimum Gasteiger partial charge on any atom is -0.463 e. The van der Waals surface area contributed by atoms with Crippen LogP contribution < -0.4 is 64.9 Å². The molecule has 4 aliphatic heterocycles. The molecule has 10 heterocycles. The molecule has 12 rings (SSSR count). The standard InChI is InChI=1S/C23H26N6O3.C15H19ClN4O3.C8H10ClN3O2.C8H8O.C7H9NO2.C5H5NO.C2H5BrO.H4N2/c1-18-5-4-6-19(15-18)17-24-27-20-16-21(28-9-12-31-13-10-28)26-23(25-20)32-14-11-29-8-3-2-7-22(29)30;16-12-11-13(19-5-8-22-9-6-19)18-15(17-12)23-10-7-20-4-2-1-3-14(20)21;9-6-5-7(11-8(13)10-6)12-1-3-14-4-2-12;1-7-3-2-4-8(5-7)6-9;9-6-5-8-4-2-1-3-7(8)10;7-5-3-1-2-4-6-5;3-1-2-4;1-2/h2-8,15-17H,9-14H2,1H3,(H,25,26,27);1-4,11-12H,5-10H2,(H,17,18);5H,1-4H2,(H,10,11,13);2-6H,1H3;1-4,9H,5-6H2;1-4H,(H,6,7);4H,1-2H2;1-2H2/b24-17+;;;;;;;. The van der Waals surface area contributed by atoms with Crippen molar-refractivity contribution in [1.82, 2.24) is 48.8 Å². The molecule has 0 aliphatic carbocycles. The van der Waals surface area contributed by atoms with Gasteiger partial charge in [-0.3, -0.25) is 51.4 Å². The summed E-state index contributed by atoms with van der Waals surface area (Å²) in [4.78, 5) is 93.9. The lowest BCUT2D eigenvalue weighted by atomic mass is 10.2. The maximum atomic E-state index is 11.9. The zero-order valence-corrected chi connectivity index (χ0v) is 59.2. The first kappa shape index (κ1) is 82.0. The smallest absolute Gasteiger partial charge is 0.348 e. The molecule has 0 saturated carbocycles. The molecule has 0 radical (unpaired) electrons. The lowest BCUT2D eigenvalue weighted by Crippen LogP contribution is -2.44. The highest BCUT2D eigenvalue weighted by molar-refractivity contribution is 9.09. The van der Waals surface area contributed by atoms with Crippen molar-refractivity contribution in [3.8, 4) is 6.01 Å².